The van der Waals surface area contributed by atoms with Gasteiger partial charge >= 0.3 is 0 Å². The molecule has 8 heteroatoms. The van der Waals surface area contributed by atoms with Crippen molar-refractivity contribution in [3.63, 3.8) is 0 Å². The molecule has 1 aromatic rings. The summed E-state index contributed by atoms with van der Waals surface area (Å²) >= 11 is 1.83. The molecule has 1 heterocycles. The second-order valence-electron chi connectivity index (χ2n) is 4.59. The van der Waals surface area contributed by atoms with Crippen molar-refractivity contribution in [1.82, 2.24) is 4.98 Å². The zero-order valence-corrected chi connectivity index (χ0v) is 11.5. The number of rotatable bonds is 6. The second-order valence-corrected chi connectivity index (χ2v) is 5.87. The number of hydrogen-bond acceptors (Lipinski definition) is 7. The van der Waals surface area contributed by atoms with Crippen molar-refractivity contribution in [2.75, 3.05) is 23.5 Å². The highest BCUT2D eigenvalue weighted by atomic mass is 32.2. The first-order valence-corrected chi connectivity index (χ1v) is 7.23. The fourth-order valence-electron chi connectivity index (χ4n) is 2.06. The number of hydrazine groups is 1. The van der Waals surface area contributed by atoms with E-state index in [1.165, 1.54) is 18.6 Å². The molecule has 4 N–H and O–H groups in total. The predicted molar refractivity (Wildman–Crippen MR) is 77.3 cm³/mol. The predicted octanol–water partition coefficient (Wildman–Crippen LogP) is 1.97. The third-order valence-electron chi connectivity index (χ3n) is 3.46. The number of aromatic nitrogens is 1. The molecule has 1 fully saturated rings. The van der Waals surface area contributed by atoms with Crippen LogP contribution < -0.4 is 16.6 Å². The fourth-order valence-corrected chi connectivity index (χ4v) is 2.98. The first-order valence-electron chi connectivity index (χ1n) is 6.01. The van der Waals surface area contributed by atoms with Crippen molar-refractivity contribution < 1.29 is 4.92 Å². The first kappa shape index (κ1) is 13.9. The third-order valence-corrected chi connectivity index (χ3v) is 4.88. The topological polar surface area (TPSA) is 106 Å². The Labute approximate surface area is 115 Å². The van der Waals surface area contributed by atoms with Crippen LogP contribution in [0.5, 0.6) is 0 Å². The maximum absolute atomic E-state index is 10.8. The summed E-state index contributed by atoms with van der Waals surface area (Å²) in [4.78, 5) is 14.5. The second kappa shape index (κ2) is 5.62. The normalized spacial score (nSPS) is 16.5. The highest BCUT2D eigenvalue weighted by Gasteiger charge is 2.35. The Balaban J connectivity index is 2.11. The van der Waals surface area contributed by atoms with Crippen LogP contribution in [0.3, 0.4) is 0 Å². The van der Waals surface area contributed by atoms with E-state index in [1.807, 2.05) is 11.8 Å². The molecule has 0 aromatic carbocycles. The van der Waals surface area contributed by atoms with E-state index >= 15 is 0 Å². The molecule has 0 aliphatic heterocycles. The molecule has 7 nitrogen and oxygen atoms in total. The quantitative estimate of drug-likeness (QED) is 0.416. The Morgan fingerprint density at radius 3 is 2.68 bits per heavy atom. The molecule has 0 atom stereocenters. The lowest BCUT2D eigenvalue weighted by atomic mass is 9.84. The van der Waals surface area contributed by atoms with Gasteiger partial charge in [0.25, 0.3) is 5.69 Å². The summed E-state index contributed by atoms with van der Waals surface area (Å²) in [5, 5.41) is 14.0. The molecule has 1 aliphatic carbocycles. The number of anilines is 2. The summed E-state index contributed by atoms with van der Waals surface area (Å²) in [6.45, 7) is 0.756. The van der Waals surface area contributed by atoms with Gasteiger partial charge in [0.05, 0.1) is 17.1 Å². The molecular weight excluding hydrogens is 266 g/mol. The van der Waals surface area contributed by atoms with Crippen LogP contribution in [0.2, 0.25) is 0 Å². The average molecular weight is 283 g/mol. The number of nitrogens with two attached hydrogens (primary N) is 1. The van der Waals surface area contributed by atoms with Crippen molar-refractivity contribution in [3.8, 4) is 0 Å². The van der Waals surface area contributed by atoms with Crippen molar-refractivity contribution in [2.24, 2.45) is 5.84 Å². The van der Waals surface area contributed by atoms with E-state index in [0.717, 1.165) is 19.4 Å². The fraction of sp³-hybridized carbons (Fsp3) is 0.545. The molecule has 0 radical (unpaired) electrons. The molecule has 1 saturated carbocycles. The van der Waals surface area contributed by atoms with Gasteiger partial charge in [0.1, 0.15) is 11.6 Å². The highest BCUT2D eigenvalue weighted by Crippen LogP contribution is 2.42. The van der Waals surface area contributed by atoms with Gasteiger partial charge in [-0.05, 0) is 19.1 Å². The first-order chi connectivity index (χ1) is 9.08. The number of hydrogen-bond donors (Lipinski definition) is 3. The Morgan fingerprint density at radius 2 is 2.21 bits per heavy atom. The lowest BCUT2D eigenvalue weighted by Gasteiger charge is -2.40. The molecule has 1 aliphatic rings. The molecule has 0 amide bonds. The van der Waals surface area contributed by atoms with Crippen LogP contribution in [0.1, 0.15) is 19.3 Å². The van der Waals surface area contributed by atoms with Crippen LogP contribution in [0.25, 0.3) is 0 Å². The SMILES string of the molecule is CSC1(CNc2cc([N+](=O)[O-])cc(NN)n2)CCC1. The van der Waals surface area contributed by atoms with E-state index in [1.54, 1.807) is 0 Å². The van der Waals surface area contributed by atoms with Crippen LogP contribution in [0.4, 0.5) is 17.3 Å². The van der Waals surface area contributed by atoms with Gasteiger partial charge in [0, 0.05) is 11.3 Å². The number of pyridine rings is 1. The Hall–Kier alpha value is -1.54. The minimum absolute atomic E-state index is 0.0303. The molecule has 1 aromatic heterocycles. The van der Waals surface area contributed by atoms with E-state index in [4.69, 9.17) is 5.84 Å². The van der Waals surface area contributed by atoms with Crippen LogP contribution in [-0.2, 0) is 0 Å². The summed E-state index contributed by atoms with van der Waals surface area (Å²) in [5.74, 6) is 6.02. The Bertz CT molecular complexity index is 473. The van der Waals surface area contributed by atoms with Crippen LogP contribution >= 0.6 is 11.8 Å². The van der Waals surface area contributed by atoms with Crippen LogP contribution in [0.15, 0.2) is 12.1 Å². The Morgan fingerprint density at radius 1 is 1.53 bits per heavy atom. The van der Waals surface area contributed by atoms with Gasteiger partial charge in [-0.3, -0.25) is 10.1 Å². The monoisotopic (exact) mass is 283 g/mol. The lowest BCUT2D eigenvalue weighted by Crippen LogP contribution is -2.40. The van der Waals surface area contributed by atoms with Crippen LogP contribution in [-0.4, -0.2) is 27.5 Å². The van der Waals surface area contributed by atoms with Crippen molar-refractivity contribution in [3.05, 3.63) is 22.2 Å². The maximum atomic E-state index is 10.8. The highest BCUT2D eigenvalue weighted by molar-refractivity contribution is 8.00. The van der Waals surface area contributed by atoms with Gasteiger partial charge in [-0.25, -0.2) is 10.8 Å². The minimum atomic E-state index is -0.457. The minimum Gasteiger partial charge on any atom is -0.368 e. The van der Waals surface area contributed by atoms with Gasteiger partial charge in [0.15, 0.2) is 0 Å². The summed E-state index contributed by atoms with van der Waals surface area (Å²) in [6, 6.07) is 2.73. The molecule has 0 bridgehead atoms. The molecule has 104 valence electrons. The zero-order chi connectivity index (χ0) is 13.9. The smallest absolute Gasteiger partial charge is 0.276 e. The zero-order valence-electron chi connectivity index (χ0n) is 10.7. The molecule has 2 rings (SSSR count). The van der Waals surface area contributed by atoms with E-state index in [0.29, 0.717) is 5.82 Å². The number of nitrogens with one attached hydrogen (secondary N) is 2. The summed E-state index contributed by atoms with van der Waals surface area (Å²) in [7, 11) is 0. The van der Waals surface area contributed by atoms with E-state index in [9.17, 15) is 10.1 Å². The molecule has 0 spiro atoms. The molecular formula is C11H17N5O2S. The van der Waals surface area contributed by atoms with Crippen LogP contribution in [0, 0.1) is 10.1 Å². The van der Waals surface area contributed by atoms with E-state index in [-0.39, 0.29) is 16.3 Å². The number of thioether (sulfide) groups is 1. The van der Waals surface area contributed by atoms with E-state index < -0.39 is 4.92 Å². The summed E-state index contributed by atoms with van der Waals surface area (Å²) < 4.78 is 0.239. The van der Waals surface area contributed by atoms with Gasteiger partial charge in [-0.1, -0.05) is 6.42 Å². The molecule has 0 unspecified atom stereocenters. The molecule has 0 saturated heterocycles. The third kappa shape index (κ3) is 3.07. The van der Waals surface area contributed by atoms with E-state index in [2.05, 4.69) is 22.0 Å². The van der Waals surface area contributed by atoms with Gasteiger partial charge in [-0.15, -0.1) is 0 Å². The Kier molecular flexibility index (Phi) is 4.11. The van der Waals surface area contributed by atoms with Gasteiger partial charge < -0.3 is 10.7 Å². The number of nitro groups is 1. The maximum Gasteiger partial charge on any atom is 0.276 e. The number of nitrogen functional groups attached to an aromatic ring is 1. The largest absolute Gasteiger partial charge is 0.368 e. The average Bonchev–Trinajstić information content (AvgIpc) is 2.37. The van der Waals surface area contributed by atoms with Crippen molar-refractivity contribution in [2.45, 2.75) is 24.0 Å². The lowest BCUT2D eigenvalue weighted by molar-refractivity contribution is -0.384. The van der Waals surface area contributed by atoms with Crippen molar-refractivity contribution >= 4 is 29.1 Å². The number of nitrogens with zero attached hydrogens (tertiary/aromatic N) is 2. The van der Waals surface area contributed by atoms with Crippen molar-refractivity contribution in [1.29, 1.82) is 0 Å². The van der Waals surface area contributed by atoms with Gasteiger partial charge in [0.2, 0.25) is 0 Å². The standard InChI is InChI=1S/C11H17N5O2S/c1-19-11(3-2-4-11)7-13-9-5-8(16(17)18)6-10(14-9)15-12/h5-6H,2-4,7,12H2,1H3,(H2,13,14,15). The van der Waals surface area contributed by atoms with Gasteiger partial charge in [-0.2, -0.15) is 11.8 Å². The molecule has 19 heavy (non-hydrogen) atoms. The summed E-state index contributed by atoms with van der Waals surface area (Å²) in [6.07, 6.45) is 5.66. The summed E-state index contributed by atoms with van der Waals surface area (Å²) in [5.41, 5.74) is 2.31.